The van der Waals surface area contributed by atoms with Crippen molar-refractivity contribution >= 4 is 17.3 Å². The number of halogens is 3. The quantitative estimate of drug-likeness (QED) is 0.540. The van der Waals surface area contributed by atoms with Crippen molar-refractivity contribution < 1.29 is 22.4 Å². The number of alkyl halides is 3. The Balaban J connectivity index is 1.53. The molecule has 6 nitrogen and oxygen atoms in total. The molecule has 3 aromatic rings. The summed E-state index contributed by atoms with van der Waals surface area (Å²) in [5, 5.41) is 7.14. The number of hydrogen-bond acceptors (Lipinski definition) is 5. The van der Waals surface area contributed by atoms with Gasteiger partial charge in [0.1, 0.15) is 5.76 Å². The maximum atomic E-state index is 12.9. The van der Waals surface area contributed by atoms with Crippen LogP contribution in [0.5, 0.6) is 0 Å². The summed E-state index contributed by atoms with van der Waals surface area (Å²) in [7, 11) is 0. The number of carbonyl (C=O) groups is 1. The van der Waals surface area contributed by atoms with E-state index in [2.05, 4.69) is 20.8 Å². The van der Waals surface area contributed by atoms with Gasteiger partial charge in [-0.05, 0) is 50.1 Å². The third kappa shape index (κ3) is 4.66. The van der Waals surface area contributed by atoms with Crippen LogP contribution in [0, 0.1) is 6.92 Å². The summed E-state index contributed by atoms with van der Waals surface area (Å²) >= 11 is 0. The van der Waals surface area contributed by atoms with E-state index in [4.69, 9.17) is 4.42 Å². The summed E-state index contributed by atoms with van der Waals surface area (Å²) in [4.78, 5) is 16.9. The number of rotatable bonds is 5. The molecule has 1 aliphatic rings. The second kappa shape index (κ2) is 8.86. The molecule has 0 saturated carbocycles. The van der Waals surface area contributed by atoms with Gasteiger partial charge in [0, 0.05) is 23.7 Å². The summed E-state index contributed by atoms with van der Waals surface area (Å²) in [6.07, 6.45) is -0.737. The molecule has 1 aliphatic carbocycles. The first kappa shape index (κ1) is 21.6. The highest BCUT2D eigenvalue weighted by atomic mass is 19.4. The van der Waals surface area contributed by atoms with Crippen LogP contribution < -0.4 is 10.7 Å². The Morgan fingerprint density at radius 1 is 1.19 bits per heavy atom. The topological polar surface area (TPSA) is 79.5 Å². The van der Waals surface area contributed by atoms with Crippen LogP contribution in [-0.4, -0.2) is 16.6 Å². The Morgan fingerprint density at radius 3 is 2.78 bits per heavy atom. The zero-order chi connectivity index (χ0) is 22.7. The molecule has 2 heterocycles. The molecule has 0 spiro atoms. The van der Waals surface area contributed by atoms with Crippen molar-refractivity contribution in [3.63, 3.8) is 0 Å². The van der Waals surface area contributed by atoms with E-state index < -0.39 is 11.7 Å². The fourth-order valence-corrected chi connectivity index (χ4v) is 3.65. The molecule has 0 radical (unpaired) electrons. The Hall–Kier alpha value is -3.62. The van der Waals surface area contributed by atoms with Gasteiger partial charge in [-0.2, -0.15) is 18.3 Å². The number of nitrogens with one attached hydrogen (secondary N) is 2. The van der Waals surface area contributed by atoms with Gasteiger partial charge in [0.25, 0.3) is 5.91 Å². The molecule has 1 aromatic carbocycles. The molecular formula is C23H21F3N4O2. The highest BCUT2D eigenvalue weighted by molar-refractivity contribution is 6.06. The van der Waals surface area contributed by atoms with Crippen molar-refractivity contribution in [2.24, 2.45) is 5.10 Å². The zero-order valence-corrected chi connectivity index (χ0v) is 17.3. The number of amides is 1. The van der Waals surface area contributed by atoms with Crippen LogP contribution in [0.15, 0.2) is 58.2 Å². The molecule has 0 saturated heterocycles. The lowest BCUT2D eigenvalue weighted by atomic mass is 9.93. The second-order valence-corrected chi connectivity index (χ2v) is 7.46. The average Bonchev–Trinajstić information content (AvgIpc) is 3.13. The maximum Gasteiger partial charge on any atom is 0.416 e. The van der Waals surface area contributed by atoms with Crippen LogP contribution in [0.4, 0.5) is 18.9 Å². The molecule has 0 atom stereocenters. The third-order valence-electron chi connectivity index (χ3n) is 5.20. The van der Waals surface area contributed by atoms with Crippen LogP contribution in [-0.2, 0) is 19.1 Å². The van der Waals surface area contributed by atoms with Gasteiger partial charge in [0.05, 0.1) is 29.2 Å². The summed E-state index contributed by atoms with van der Waals surface area (Å²) in [6, 6.07) is 10.3. The molecule has 2 aromatic heterocycles. The van der Waals surface area contributed by atoms with E-state index in [1.165, 1.54) is 12.1 Å². The average molecular weight is 442 g/mol. The van der Waals surface area contributed by atoms with E-state index in [1.807, 2.05) is 12.1 Å². The predicted molar refractivity (Wildman–Crippen MR) is 113 cm³/mol. The molecule has 0 bridgehead atoms. The SMILES string of the molecule is Cc1c(C(=O)NCc2ccccn2)oc2c1/C(=N/Nc1cccc(C(F)(F)F)c1)CCC2. The van der Waals surface area contributed by atoms with Gasteiger partial charge in [-0.1, -0.05) is 12.1 Å². The van der Waals surface area contributed by atoms with E-state index in [-0.39, 0.29) is 23.9 Å². The van der Waals surface area contributed by atoms with Crippen LogP contribution in [0.3, 0.4) is 0 Å². The molecule has 4 rings (SSSR count). The Kier molecular flexibility index (Phi) is 5.98. The number of anilines is 1. The number of furan rings is 1. The number of hydrogen-bond donors (Lipinski definition) is 2. The number of hydrazone groups is 1. The largest absolute Gasteiger partial charge is 0.455 e. The smallest absolute Gasteiger partial charge is 0.416 e. The molecule has 166 valence electrons. The lowest BCUT2D eigenvalue weighted by molar-refractivity contribution is -0.137. The third-order valence-corrected chi connectivity index (χ3v) is 5.20. The standard InChI is InChI=1S/C23H21F3N4O2/c1-14-20-18(30-29-16-8-4-6-15(12-16)23(24,25)26)9-5-10-19(20)32-21(14)22(31)28-13-17-7-2-3-11-27-17/h2-4,6-8,11-12,29H,5,9-10,13H2,1H3,(H,28,31)/b30-18+. The highest BCUT2D eigenvalue weighted by Gasteiger charge is 2.31. The van der Waals surface area contributed by atoms with Crippen molar-refractivity contribution in [1.29, 1.82) is 0 Å². The van der Waals surface area contributed by atoms with Gasteiger partial charge in [0.2, 0.25) is 0 Å². The first-order valence-electron chi connectivity index (χ1n) is 10.1. The van der Waals surface area contributed by atoms with Crippen molar-refractivity contribution in [3.8, 4) is 0 Å². The Morgan fingerprint density at radius 2 is 2.03 bits per heavy atom. The van der Waals surface area contributed by atoms with Crippen molar-refractivity contribution in [1.82, 2.24) is 10.3 Å². The summed E-state index contributed by atoms with van der Waals surface area (Å²) in [6.45, 7) is 2.05. The van der Waals surface area contributed by atoms with E-state index in [9.17, 15) is 18.0 Å². The van der Waals surface area contributed by atoms with E-state index in [0.29, 0.717) is 29.9 Å². The summed E-state index contributed by atoms with van der Waals surface area (Å²) < 4.78 is 44.7. The maximum absolute atomic E-state index is 12.9. The molecule has 9 heteroatoms. The lowest BCUT2D eigenvalue weighted by Gasteiger charge is -2.14. The monoisotopic (exact) mass is 442 g/mol. The lowest BCUT2D eigenvalue weighted by Crippen LogP contribution is -2.23. The molecular weight excluding hydrogens is 421 g/mol. The number of pyridine rings is 1. The summed E-state index contributed by atoms with van der Waals surface area (Å²) in [5.41, 5.74) is 4.96. The highest BCUT2D eigenvalue weighted by Crippen LogP contribution is 2.32. The first-order valence-corrected chi connectivity index (χ1v) is 10.1. The number of benzene rings is 1. The van der Waals surface area contributed by atoms with E-state index in [1.54, 1.807) is 19.2 Å². The van der Waals surface area contributed by atoms with Gasteiger partial charge in [-0.25, -0.2) is 0 Å². The summed E-state index contributed by atoms with van der Waals surface area (Å²) in [5.74, 6) is 0.508. The molecule has 0 aliphatic heterocycles. The predicted octanol–water partition coefficient (Wildman–Crippen LogP) is 5.08. The van der Waals surface area contributed by atoms with E-state index >= 15 is 0 Å². The second-order valence-electron chi connectivity index (χ2n) is 7.46. The number of fused-ring (bicyclic) bond motifs is 1. The normalized spacial score (nSPS) is 14.8. The minimum atomic E-state index is -4.43. The fraction of sp³-hybridized carbons (Fsp3) is 0.261. The number of aryl methyl sites for hydroxylation is 1. The van der Waals surface area contributed by atoms with Crippen LogP contribution in [0.25, 0.3) is 0 Å². The van der Waals surface area contributed by atoms with Crippen molar-refractivity contribution in [3.05, 3.63) is 82.6 Å². The number of nitrogens with zero attached hydrogens (tertiary/aromatic N) is 2. The van der Waals surface area contributed by atoms with Crippen LogP contribution in [0.1, 0.15) is 51.5 Å². The molecule has 2 N–H and O–H groups in total. The number of carbonyl (C=O) groups excluding carboxylic acids is 1. The Labute approximate surface area is 182 Å². The molecule has 32 heavy (non-hydrogen) atoms. The van der Waals surface area contributed by atoms with Crippen LogP contribution >= 0.6 is 0 Å². The van der Waals surface area contributed by atoms with Gasteiger partial charge >= 0.3 is 6.18 Å². The minimum absolute atomic E-state index is 0.208. The van der Waals surface area contributed by atoms with Gasteiger partial charge in [0.15, 0.2) is 5.76 Å². The molecule has 0 unspecified atom stereocenters. The van der Waals surface area contributed by atoms with Crippen LogP contribution in [0.2, 0.25) is 0 Å². The van der Waals surface area contributed by atoms with Gasteiger partial charge in [-0.15, -0.1) is 0 Å². The molecule has 1 amide bonds. The van der Waals surface area contributed by atoms with Crippen molar-refractivity contribution in [2.45, 2.75) is 38.9 Å². The van der Waals surface area contributed by atoms with Gasteiger partial charge in [-0.3, -0.25) is 15.2 Å². The Bertz CT molecular complexity index is 1150. The van der Waals surface area contributed by atoms with Gasteiger partial charge < -0.3 is 9.73 Å². The van der Waals surface area contributed by atoms with Crippen molar-refractivity contribution in [2.75, 3.05) is 5.43 Å². The first-order chi connectivity index (χ1) is 15.3. The molecule has 0 fully saturated rings. The van der Waals surface area contributed by atoms with E-state index in [0.717, 1.165) is 29.8 Å². The fourth-order valence-electron chi connectivity index (χ4n) is 3.65. The zero-order valence-electron chi connectivity index (χ0n) is 17.3. The minimum Gasteiger partial charge on any atom is -0.455 e. The number of aromatic nitrogens is 1.